The summed E-state index contributed by atoms with van der Waals surface area (Å²) in [5.74, 6) is -0.0993. The molecule has 9 nitrogen and oxygen atoms in total. The summed E-state index contributed by atoms with van der Waals surface area (Å²) >= 11 is 0. The van der Waals surface area contributed by atoms with E-state index in [4.69, 9.17) is 10.9 Å². The Balaban J connectivity index is 2.58. The number of nitro groups is 1. The molecule has 0 radical (unpaired) electrons. The fourth-order valence-corrected chi connectivity index (χ4v) is 1.49. The summed E-state index contributed by atoms with van der Waals surface area (Å²) in [6.07, 6.45) is 3.32. The van der Waals surface area contributed by atoms with Crippen molar-refractivity contribution in [3.63, 3.8) is 0 Å². The number of rotatable bonds is 3. The molecule has 19 heavy (non-hydrogen) atoms. The summed E-state index contributed by atoms with van der Waals surface area (Å²) in [5, 5.41) is 26.3. The first-order valence-electron chi connectivity index (χ1n) is 5.18. The number of oxime groups is 1. The minimum Gasteiger partial charge on any atom is -0.409 e. The standard InChI is InChI=1S/C10H10N6O3/c1-6-4-12-15(5-6)8-3-2-7(16(18)19)9(13-8)10(11)14-17/h2-5,17H,1H3,(H2,11,14). The van der Waals surface area contributed by atoms with Gasteiger partial charge in [-0.3, -0.25) is 10.1 Å². The van der Waals surface area contributed by atoms with Crippen molar-refractivity contribution in [2.45, 2.75) is 6.92 Å². The molecule has 0 spiro atoms. The third-order valence-corrected chi connectivity index (χ3v) is 2.35. The van der Waals surface area contributed by atoms with E-state index in [1.807, 2.05) is 6.92 Å². The highest BCUT2D eigenvalue weighted by molar-refractivity contribution is 5.98. The number of nitrogens with zero attached hydrogens (tertiary/aromatic N) is 5. The van der Waals surface area contributed by atoms with Crippen molar-refractivity contribution in [2.75, 3.05) is 0 Å². The number of nitrogens with two attached hydrogens (primary N) is 1. The Labute approximate surface area is 107 Å². The second kappa shape index (κ2) is 4.72. The van der Waals surface area contributed by atoms with Crippen LogP contribution in [0.15, 0.2) is 29.7 Å². The third-order valence-electron chi connectivity index (χ3n) is 2.35. The van der Waals surface area contributed by atoms with Crippen LogP contribution in [-0.4, -0.2) is 30.7 Å². The van der Waals surface area contributed by atoms with Crippen LogP contribution in [0.3, 0.4) is 0 Å². The van der Waals surface area contributed by atoms with Crippen LogP contribution in [0.5, 0.6) is 0 Å². The molecular weight excluding hydrogens is 252 g/mol. The third kappa shape index (κ3) is 2.34. The first-order chi connectivity index (χ1) is 9.02. The molecule has 3 N–H and O–H groups in total. The summed E-state index contributed by atoms with van der Waals surface area (Å²) in [5.41, 5.74) is 5.74. The van der Waals surface area contributed by atoms with Gasteiger partial charge in [-0.05, 0) is 18.6 Å². The number of aromatic nitrogens is 3. The lowest BCUT2D eigenvalue weighted by molar-refractivity contribution is -0.385. The summed E-state index contributed by atoms with van der Waals surface area (Å²) in [7, 11) is 0. The molecule has 2 aromatic heterocycles. The molecular formula is C10H10N6O3. The van der Waals surface area contributed by atoms with Gasteiger partial charge in [0.1, 0.15) is 0 Å². The van der Waals surface area contributed by atoms with E-state index in [1.165, 1.54) is 16.8 Å². The number of pyridine rings is 1. The van der Waals surface area contributed by atoms with Gasteiger partial charge in [0.15, 0.2) is 17.3 Å². The van der Waals surface area contributed by atoms with Gasteiger partial charge in [0.25, 0.3) is 5.69 Å². The molecule has 0 aliphatic carbocycles. The average Bonchev–Trinajstić information content (AvgIpc) is 2.83. The maximum Gasteiger partial charge on any atom is 0.298 e. The number of hydrogen-bond donors (Lipinski definition) is 2. The van der Waals surface area contributed by atoms with Gasteiger partial charge in [-0.15, -0.1) is 0 Å². The molecule has 0 saturated carbocycles. The van der Waals surface area contributed by atoms with Crippen LogP contribution in [0.25, 0.3) is 5.82 Å². The molecule has 2 aromatic rings. The normalized spacial score (nSPS) is 11.5. The highest BCUT2D eigenvalue weighted by atomic mass is 16.6. The number of aryl methyl sites for hydroxylation is 1. The first-order valence-corrected chi connectivity index (χ1v) is 5.18. The highest BCUT2D eigenvalue weighted by Crippen LogP contribution is 2.18. The van der Waals surface area contributed by atoms with Crippen molar-refractivity contribution < 1.29 is 10.1 Å². The summed E-state index contributed by atoms with van der Waals surface area (Å²) in [6, 6.07) is 2.66. The quantitative estimate of drug-likeness (QED) is 0.273. The van der Waals surface area contributed by atoms with Crippen molar-refractivity contribution >= 4 is 11.5 Å². The van der Waals surface area contributed by atoms with Crippen molar-refractivity contribution in [3.8, 4) is 5.82 Å². The van der Waals surface area contributed by atoms with E-state index >= 15 is 0 Å². The van der Waals surface area contributed by atoms with Crippen molar-refractivity contribution in [3.05, 3.63) is 45.9 Å². The Hall–Kier alpha value is -2.97. The fourth-order valence-electron chi connectivity index (χ4n) is 1.49. The molecule has 0 amide bonds. The lowest BCUT2D eigenvalue weighted by atomic mass is 10.2. The Morgan fingerprint density at radius 2 is 2.32 bits per heavy atom. The van der Waals surface area contributed by atoms with Crippen LogP contribution in [0.4, 0.5) is 5.69 Å². The Bertz CT molecular complexity index is 663. The van der Waals surface area contributed by atoms with Crippen LogP contribution < -0.4 is 5.73 Å². The molecule has 0 unspecified atom stereocenters. The van der Waals surface area contributed by atoms with Crippen LogP contribution in [0.1, 0.15) is 11.3 Å². The summed E-state index contributed by atoms with van der Waals surface area (Å²) in [4.78, 5) is 14.2. The lowest BCUT2D eigenvalue weighted by Crippen LogP contribution is -2.18. The molecule has 9 heteroatoms. The maximum atomic E-state index is 10.8. The van der Waals surface area contributed by atoms with E-state index in [9.17, 15) is 10.1 Å². The van der Waals surface area contributed by atoms with E-state index in [0.29, 0.717) is 5.82 Å². The van der Waals surface area contributed by atoms with Crippen LogP contribution in [0, 0.1) is 17.0 Å². The average molecular weight is 262 g/mol. The smallest absolute Gasteiger partial charge is 0.298 e. The lowest BCUT2D eigenvalue weighted by Gasteiger charge is -2.04. The molecule has 0 fully saturated rings. The number of amidine groups is 1. The minimum absolute atomic E-state index is 0.210. The highest BCUT2D eigenvalue weighted by Gasteiger charge is 2.20. The first kappa shape index (κ1) is 12.5. The molecule has 0 bridgehead atoms. The van der Waals surface area contributed by atoms with E-state index in [1.54, 1.807) is 12.4 Å². The Kier molecular flexibility index (Phi) is 3.10. The van der Waals surface area contributed by atoms with Gasteiger partial charge in [-0.1, -0.05) is 5.16 Å². The summed E-state index contributed by atoms with van der Waals surface area (Å²) < 4.78 is 1.44. The van der Waals surface area contributed by atoms with E-state index in [-0.39, 0.29) is 11.4 Å². The van der Waals surface area contributed by atoms with Gasteiger partial charge in [0.05, 0.1) is 11.1 Å². The van der Waals surface area contributed by atoms with Crippen LogP contribution in [0.2, 0.25) is 0 Å². The molecule has 98 valence electrons. The largest absolute Gasteiger partial charge is 0.409 e. The predicted molar refractivity (Wildman–Crippen MR) is 65.3 cm³/mol. The van der Waals surface area contributed by atoms with Gasteiger partial charge in [-0.2, -0.15) is 5.10 Å². The summed E-state index contributed by atoms with van der Waals surface area (Å²) in [6.45, 7) is 1.85. The molecule has 0 saturated heterocycles. The molecule has 2 rings (SSSR count). The van der Waals surface area contributed by atoms with Crippen molar-refractivity contribution in [2.24, 2.45) is 10.9 Å². The molecule has 0 aliphatic rings. The topological polar surface area (TPSA) is 132 Å². The van der Waals surface area contributed by atoms with Gasteiger partial charge < -0.3 is 10.9 Å². The minimum atomic E-state index is -0.654. The second-order valence-electron chi connectivity index (χ2n) is 3.74. The van der Waals surface area contributed by atoms with Gasteiger partial charge >= 0.3 is 0 Å². The molecule has 2 heterocycles. The van der Waals surface area contributed by atoms with E-state index in [0.717, 1.165) is 5.56 Å². The fraction of sp³-hybridized carbons (Fsp3) is 0.100. The van der Waals surface area contributed by atoms with E-state index < -0.39 is 10.8 Å². The Morgan fingerprint density at radius 1 is 1.58 bits per heavy atom. The zero-order valence-electron chi connectivity index (χ0n) is 9.89. The molecule has 0 aromatic carbocycles. The van der Waals surface area contributed by atoms with Crippen LogP contribution >= 0.6 is 0 Å². The number of hydrogen-bond acceptors (Lipinski definition) is 6. The maximum absolute atomic E-state index is 10.8. The zero-order chi connectivity index (χ0) is 14.0. The second-order valence-corrected chi connectivity index (χ2v) is 3.74. The monoisotopic (exact) mass is 262 g/mol. The van der Waals surface area contributed by atoms with Crippen LogP contribution in [-0.2, 0) is 0 Å². The predicted octanol–water partition coefficient (Wildman–Crippen LogP) is 0.578. The molecule has 0 atom stereocenters. The Morgan fingerprint density at radius 3 is 2.84 bits per heavy atom. The zero-order valence-corrected chi connectivity index (χ0v) is 9.89. The molecule has 0 aliphatic heterocycles. The van der Waals surface area contributed by atoms with Gasteiger partial charge in [-0.25, -0.2) is 9.67 Å². The van der Waals surface area contributed by atoms with Gasteiger partial charge in [0, 0.05) is 12.3 Å². The van der Waals surface area contributed by atoms with E-state index in [2.05, 4.69) is 15.2 Å². The van der Waals surface area contributed by atoms with Gasteiger partial charge in [0.2, 0.25) is 0 Å². The van der Waals surface area contributed by atoms with Crippen molar-refractivity contribution in [1.29, 1.82) is 0 Å². The SMILES string of the molecule is Cc1cnn(-c2ccc([N+](=O)[O-])c(/C(N)=N/O)n2)c1. The van der Waals surface area contributed by atoms with Crippen molar-refractivity contribution in [1.82, 2.24) is 14.8 Å².